The first-order valence-corrected chi connectivity index (χ1v) is 10.4. The summed E-state index contributed by atoms with van der Waals surface area (Å²) in [4.78, 5) is 50.6. The van der Waals surface area contributed by atoms with E-state index in [0.717, 1.165) is 5.56 Å². The number of nitrogens with one attached hydrogen (secondary N) is 2. The van der Waals surface area contributed by atoms with E-state index in [4.69, 9.17) is 11.6 Å². The van der Waals surface area contributed by atoms with Crippen molar-refractivity contribution in [2.75, 3.05) is 25.0 Å². The van der Waals surface area contributed by atoms with Gasteiger partial charge in [0.15, 0.2) is 0 Å². The first kappa shape index (κ1) is 22.6. The Kier molecular flexibility index (Phi) is 7.12. The van der Waals surface area contributed by atoms with Crippen LogP contribution in [0.5, 0.6) is 0 Å². The topological polar surface area (TPSA) is 101 Å². The molecule has 0 spiro atoms. The molecular formula is C22H25ClN4O4. The number of aryl methyl sites for hydroxylation is 2. The maximum atomic E-state index is 12.6. The number of amides is 3. The molecule has 0 atom stereocenters. The lowest BCUT2D eigenvalue weighted by atomic mass is 9.96. The van der Waals surface area contributed by atoms with E-state index >= 15 is 0 Å². The minimum absolute atomic E-state index is 0.147. The Bertz CT molecular complexity index is 1060. The van der Waals surface area contributed by atoms with Crippen molar-refractivity contribution in [2.24, 2.45) is 13.0 Å². The summed E-state index contributed by atoms with van der Waals surface area (Å²) < 4.78 is 1.38. The minimum Gasteiger partial charge on any atom is -0.348 e. The standard InChI is InChI=1S/C22H25ClN4O4/c1-14-5-6-16(12-18(14)23)25-20(29)19(28)24-13-15-7-10-27(11-8-15)22(31)17-4-3-9-26(2)21(17)30/h3-6,9,12,15H,7-8,10-11,13H2,1-2H3,(H,24,28)(H,25,29). The highest BCUT2D eigenvalue weighted by Gasteiger charge is 2.26. The summed E-state index contributed by atoms with van der Waals surface area (Å²) in [5.41, 5.74) is 1.17. The second kappa shape index (κ2) is 9.78. The Morgan fingerprint density at radius 2 is 1.84 bits per heavy atom. The van der Waals surface area contributed by atoms with Crippen LogP contribution in [0.4, 0.5) is 5.69 Å². The minimum atomic E-state index is -0.757. The van der Waals surface area contributed by atoms with Crippen molar-refractivity contribution in [2.45, 2.75) is 19.8 Å². The summed E-state index contributed by atoms with van der Waals surface area (Å²) in [6.07, 6.45) is 2.96. The summed E-state index contributed by atoms with van der Waals surface area (Å²) in [7, 11) is 1.61. The van der Waals surface area contributed by atoms with Crippen LogP contribution in [0.15, 0.2) is 41.3 Å². The van der Waals surface area contributed by atoms with Gasteiger partial charge < -0.3 is 20.1 Å². The Morgan fingerprint density at radius 3 is 2.52 bits per heavy atom. The Balaban J connectivity index is 1.46. The second-order valence-electron chi connectivity index (χ2n) is 7.70. The van der Waals surface area contributed by atoms with Gasteiger partial charge in [0, 0.05) is 43.6 Å². The third kappa shape index (κ3) is 5.52. The Labute approximate surface area is 185 Å². The average Bonchev–Trinajstić information content (AvgIpc) is 2.76. The molecule has 8 nitrogen and oxygen atoms in total. The summed E-state index contributed by atoms with van der Waals surface area (Å²) in [6.45, 7) is 3.17. The molecule has 0 unspecified atom stereocenters. The number of nitrogens with zero attached hydrogens (tertiary/aromatic N) is 2. The zero-order valence-corrected chi connectivity index (χ0v) is 18.2. The van der Waals surface area contributed by atoms with Gasteiger partial charge in [0.05, 0.1) is 0 Å². The first-order valence-electron chi connectivity index (χ1n) is 10.1. The van der Waals surface area contributed by atoms with Gasteiger partial charge in [0.1, 0.15) is 5.56 Å². The van der Waals surface area contributed by atoms with Crippen molar-refractivity contribution >= 4 is 35.0 Å². The number of halogens is 1. The van der Waals surface area contributed by atoms with E-state index in [1.807, 2.05) is 6.92 Å². The number of rotatable bonds is 4. The molecule has 1 fully saturated rings. The molecule has 1 saturated heterocycles. The highest BCUT2D eigenvalue weighted by molar-refractivity contribution is 6.39. The van der Waals surface area contributed by atoms with Gasteiger partial charge in [-0.1, -0.05) is 17.7 Å². The Hall–Kier alpha value is -3.13. The molecule has 9 heteroatoms. The highest BCUT2D eigenvalue weighted by atomic mass is 35.5. The SMILES string of the molecule is Cc1ccc(NC(=O)C(=O)NCC2CCN(C(=O)c3cccn(C)c3=O)CC2)cc1Cl. The molecule has 2 heterocycles. The van der Waals surface area contributed by atoms with Crippen LogP contribution >= 0.6 is 11.6 Å². The van der Waals surface area contributed by atoms with Gasteiger partial charge >= 0.3 is 11.8 Å². The van der Waals surface area contributed by atoms with Crippen molar-refractivity contribution in [3.63, 3.8) is 0 Å². The molecule has 1 aromatic carbocycles. The molecule has 1 aliphatic heterocycles. The van der Waals surface area contributed by atoms with Crippen molar-refractivity contribution in [3.8, 4) is 0 Å². The summed E-state index contributed by atoms with van der Waals surface area (Å²) >= 11 is 6.03. The average molecular weight is 445 g/mol. The monoisotopic (exact) mass is 444 g/mol. The van der Waals surface area contributed by atoms with E-state index in [0.29, 0.717) is 43.2 Å². The van der Waals surface area contributed by atoms with Gasteiger partial charge in [-0.2, -0.15) is 0 Å². The molecule has 164 valence electrons. The molecule has 0 radical (unpaired) electrons. The van der Waals surface area contributed by atoms with Gasteiger partial charge in [-0.15, -0.1) is 0 Å². The fourth-order valence-corrected chi connectivity index (χ4v) is 3.63. The number of piperidine rings is 1. The molecular weight excluding hydrogens is 420 g/mol. The number of anilines is 1. The summed E-state index contributed by atoms with van der Waals surface area (Å²) in [5, 5.41) is 5.68. The highest BCUT2D eigenvalue weighted by Crippen LogP contribution is 2.20. The number of hydrogen-bond acceptors (Lipinski definition) is 4. The largest absolute Gasteiger partial charge is 0.348 e. The maximum Gasteiger partial charge on any atom is 0.313 e. The fraction of sp³-hybridized carbons (Fsp3) is 0.364. The number of hydrogen-bond donors (Lipinski definition) is 2. The van der Waals surface area contributed by atoms with Crippen LogP contribution in [0.1, 0.15) is 28.8 Å². The normalized spacial score (nSPS) is 14.2. The van der Waals surface area contributed by atoms with Crippen LogP contribution in [-0.4, -0.2) is 46.8 Å². The third-order valence-electron chi connectivity index (χ3n) is 5.44. The quantitative estimate of drug-likeness (QED) is 0.704. The van der Waals surface area contributed by atoms with E-state index in [9.17, 15) is 19.2 Å². The number of likely N-dealkylation sites (tertiary alicyclic amines) is 1. The fourth-order valence-electron chi connectivity index (χ4n) is 3.45. The van der Waals surface area contributed by atoms with Crippen LogP contribution in [0.3, 0.4) is 0 Å². The summed E-state index contributed by atoms with van der Waals surface area (Å²) in [6, 6.07) is 8.24. The molecule has 1 aliphatic rings. The summed E-state index contributed by atoms with van der Waals surface area (Å²) in [5.74, 6) is -1.61. The number of carbonyl (C=O) groups excluding carboxylic acids is 3. The molecule has 0 aliphatic carbocycles. The van der Waals surface area contributed by atoms with Crippen LogP contribution in [0.25, 0.3) is 0 Å². The van der Waals surface area contributed by atoms with E-state index in [1.165, 1.54) is 10.6 Å². The van der Waals surface area contributed by atoms with Crippen LogP contribution < -0.4 is 16.2 Å². The molecule has 0 saturated carbocycles. The molecule has 3 amide bonds. The lowest BCUT2D eigenvalue weighted by Gasteiger charge is -2.32. The third-order valence-corrected chi connectivity index (χ3v) is 5.85. The van der Waals surface area contributed by atoms with Gasteiger partial charge in [0.25, 0.3) is 11.5 Å². The molecule has 2 N–H and O–H groups in total. The van der Waals surface area contributed by atoms with Crippen LogP contribution in [0.2, 0.25) is 5.02 Å². The first-order chi connectivity index (χ1) is 14.8. The smallest absolute Gasteiger partial charge is 0.313 e. The second-order valence-corrected chi connectivity index (χ2v) is 8.11. The van der Waals surface area contributed by atoms with Crippen LogP contribution in [0, 0.1) is 12.8 Å². The lowest BCUT2D eigenvalue weighted by molar-refractivity contribution is -0.136. The van der Waals surface area contributed by atoms with Crippen LogP contribution in [-0.2, 0) is 16.6 Å². The molecule has 1 aromatic heterocycles. The molecule has 31 heavy (non-hydrogen) atoms. The zero-order chi connectivity index (χ0) is 22.5. The van der Waals surface area contributed by atoms with Gasteiger partial charge in [0.2, 0.25) is 0 Å². The number of pyridine rings is 1. The van der Waals surface area contributed by atoms with E-state index in [1.54, 1.807) is 42.4 Å². The lowest BCUT2D eigenvalue weighted by Crippen LogP contribution is -2.44. The number of benzene rings is 1. The van der Waals surface area contributed by atoms with E-state index in [2.05, 4.69) is 10.6 Å². The van der Waals surface area contributed by atoms with E-state index in [-0.39, 0.29) is 22.9 Å². The molecule has 3 rings (SSSR count). The van der Waals surface area contributed by atoms with Crippen molar-refractivity contribution in [1.82, 2.24) is 14.8 Å². The number of aromatic nitrogens is 1. The van der Waals surface area contributed by atoms with Crippen molar-refractivity contribution < 1.29 is 14.4 Å². The number of carbonyl (C=O) groups is 3. The maximum absolute atomic E-state index is 12.6. The predicted octanol–water partition coefficient (Wildman–Crippen LogP) is 1.95. The molecule has 0 bridgehead atoms. The zero-order valence-electron chi connectivity index (χ0n) is 17.5. The molecule has 2 aromatic rings. The van der Waals surface area contributed by atoms with Crippen molar-refractivity contribution in [1.29, 1.82) is 0 Å². The Morgan fingerprint density at radius 1 is 1.13 bits per heavy atom. The predicted molar refractivity (Wildman–Crippen MR) is 118 cm³/mol. The van der Waals surface area contributed by atoms with Gasteiger partial charge in [-0.05, 0) is 55.5 Å². The van der Waals surface area contributed by atoms with E-state index < -0.39 is 11.8 Å². The van der Waals surface area contributed by atoms with Gasteiger partial charge in [-0.25, -0.2) is 0 Å². The van der Waals surface area contributed by atoms with Crippen molar-refractivity contribution in [3.05, 3.63) is 63.0 Å². The van der Waals surface area contributed by atoms with Gasteiger partial charge in [-0.3, -0.25) is 19.2 Å².